The summed E-state index contributed by atoms with van der Waals surface area (Å²) < 4.78 is 30.8. The summed E-state index contributed by atoms with van der Waals surface area (Å²) >= 11 is 1.22. The van der Waals surface area contributed by atoms with E-state index < -0.39 is 45.7 Å². The number of hydrogen-bond donors (Lipinski definition) is 4. The third-order valence-electron chi connectivity index (χ3n) is 6.70. The fourth-order valence-corrected chi connectivity index (χ4v) is 5.96. The van der Waals surface area contributed by atoms with Crippen molar-refractivity contribution in [1.29, 1.82) is 0 Å². The third-order valence-corrected chi connectivity index (χ3v) is 8.36. The number of sulfonamides is 1. The van der Waals surface area contributed by atoms with Gasteiger partial charge in [-0.3, -0.25) is 19.2 Å². The van der Waals surface area contributed by atoms with Crippen molar-refractivity contribution in [2.75, 3.05) is 32.4 Å². The number of nitrogens with zero attached hydrogens (tertiary/aromatic N) is 3. The Morgan fingerprint density at radius 2 is 1.86 bits per heavy atom. The highest BCUT2D eigenvalue weighted by atomic mass is 32.2. The lowest BCUT2D eigenvalue weighted by molar-refractivity contribution is -0.136. The molecule has 0 radical (unpaired) electrons. The van der Waals surface area contributed by atoms with Crippen LogP contribution in [-0.2, 0) is 26.0 Å². The molecule has 0 spiro atoms. The summed E-state index contributed by atoms with van der Waals surface area (Å²) in [5, 5.41) is 10.6. The molecule has 0 aliphatic carbocycles. The van der Waals surface area contributed by atoms with Crippen LogP contribution in [0.2, 0.25) is 0 Å². The van der Waals surface area contributed by atoms with Gasteiger partial charge in [0.1, 0.15) is 23.0 Å². The Morgan fingerprint density at radius 1 is 1.11 bits per heavy atom. The second-order valence-corrected chi connectivity index (χ2v) is 13.4. The van der Waals surface area contributed by atoms with Crippen molar-refractivity contribution in [3.8, 4) is 0 Å². The minimum Gasteiger partial charge on any atom is -0.446 e. The van der Waals surface area contributed by atoms with Crippen LogP contribution in [-0.4, -0.2) is 79.3 Å². The second-order valence-electron chi connectivity index (χ2n) is 10.6. The van der Waals surface area contributed by atoms with E-state index in [4.69, 9.17) is 4.42 Å². The van der Waals surface area contributed by atoms with Crippen LogP contribution in [0.25, 0.3) is 0 Å². The molecule has 1 aliphatic rings. The van der Waals surface area contributed by atoms with Gasteiger partial charge in [0.25, 0.3) is 11.8 Å². The van der Waals surface area contributed by atoms with Crippen molar-refractivity contribution in [2.24, 2.45) is 5.92 Å². The molecular formula is C28H35N7O7S2. The Labute approximate surface area is 259 Å². The Morgan fingerprint density at radius 3 is 2.57 bits per heavy atom. The predicted octanol–water partition coefficient (Wildman–Crippen LogP) is 1.17. The largest absolute Gasteiger partial charge is 0.446 e. The number of oxazole rings is 1. The molecule has 0 unspecified atom stereocenters. The summed E-state index contributed by atoms with van der Waals surface area (Å²) in [6, 6.07) is 8.15. The molecule has 44 heavy (non-hydrogen) atoms. The number of fused-ring (bicyclic) bond motifs is 4. The van der Waals surface area contributed by atoms with E-state index in [0.717, 1.165) is 11.8 Å². The van der Waals surface area contributed by atoms with Crippen molar-refractivity contribution in [2.45, 2.75) is 38.8 Å². The zero-order valence-electron chi connectivity index (χ0n) is 24.5. The fraction of sp³-hybridized carbons (Fsp3) is 0.429. The maximum atomic E-state index is 13.3. The van der Waals surface area contributed by atoms with Gasteiger partial charge >= 0.3 is 0 Å². The number of amides is 4. The smallest absolute Gasteiger partial charge is 0.273 e. The first kappa shape index (κ1) is 32.8. The summed E-state index contributed by atoms with van der Waals surface area (Å²) in [6.07, 6.45) is 2.31. The summed E-state index contributed by atoms with van der Waals surface area (Å²) in [5.41, 5.74) is 1.02. The van der Waals surface area contributed by atoms with E-state index >= 15 is 0 Å². The summed E-state index contributed by atoms with van der Waals surface area (Å²) in [4.78, 5) is 62.5. The van der Waals surface area contributed by atoms with Crippen molar-refractivity contribution in [3.63, 3.8) is 0 Å². The predicted molar refractivity (Wildman–Crippen MR) is 161 cm³/mol. The van der Waals surface area contributed by atoms with Gasteiger partial charge in [0.2, 0.25) is 27.7 Å². The molecule has 3 heterocycles. The zero-order chi connectivity index (χ0) is 31.9. The minimum atomic E-state index is -3.51. The van der Waals surface area contributed by atoms with Crippen molar-refractivity contribution >= 4 is 45.0 Å². The zero-order valence-corrected chi connectivity index (χ0v) is 26.2. The molecule has 3 aromatic rings. The van der Waals surface area contributed by atoms with E-state index in [-0.39, 0.29) is 55.8 Å². The number of aromatic nitrogens is 2. The molecule has 16 heteroatoms. The van der Waals surface area contributed by atoms with Gasteiger partial charge in [-0.1, -0.05) is 44.2 Å². The molecular weight excluding hydrogens is 610 g/mol. The van der Waals surface area contributed by atoms with Gasteiger partial charge < -0.3 is 25.3 Å². The molecule has 2 atom stereocenters. The normalized spacial score (nSPS) is 18.6. The SMILES string of the molecule is CC(C)[C@@H]1NC(=O)CN(C(=O)CCNS(C)(=O)=O)CCNC(=O)c2coc(n2)[C@H](Cc2ccccc2)NC(=O)c2csc1n2. The van der Waals surface area contributed by atoms with Gasteiger partial charge in [0.15, 0.2) is 5.69 Å². The summed E-state index contributed by atoms with van der Waals surface area (Å²) in [5.74, 6) is -2.00. The average Bonchev–Trinajstić information content (AvgIpc) is 3.65. The monoisotopic (exact) mass is 645 g/mol. The number of benzene rings is 1. The maximum absolute atomic E-state index is 13.3. The van der Waals surface area contributed by atoms with Crippen LogP contribution in [0.3, 0.4) is 0 Å². The first-order valence-electron chi connectivity index (χ1n) is 13.9. The van der Waals surface area contributed by atoms with Crippen LogP contribution in [0.5, 0.6) is 0 Å². The first-order chi connectivity index (χ1) is 20.9. The van der Waals surface area contributed by atoms with Gasteiger partial charge in [-0.05, 0) is 11.5 Å². The fourth-order valence-electron chi connectivity index (χ4n) is 4.46. The molecule has 0 saturated heterocycles. The Kier molecular flexibility index (Phi) is 10.8. The van der Waals surface area contributed by atoms with Crippen LogP contribution in [0, 0.1) is 5.92 Å². The minimum absolute atomic E-state index is 0.0207. The third kappa shape index (κ3) is 9.17. The molecule has 4 amide bonds. The lowest BCUT2D eigenvalue weighted by Crippen LogP contribution is -2.46. The summed E-state index contributed by atoms with van der Waals surface area (Å²) in [7, 11) is -3.51. The van der Waals surface area contributed by atoms with Crippen molar-refractivity contribution in [3.05, 3.63) is 69.8 Å². The molecule has 236 valence electrons. The molecule has 1 aliphatic heterocycles. The van der Waals surface area contributed by atoms with Gasteiger partial charge in [-0.25, -0.2) is 23.1 Å². The highest BCUT2D eigenvalue weighted by molar-refractivity contribution is 7.88. The quantitative estimate of drug-likeness (QED) is 0.292. The van der Waals surface area contributed by atoms with Gasteiger partial charge in [0, 0.05) is 37.9 Å². The summed E-state index contributed by atoms with van der Waals surface area (Å²) in [6.45, 7) is 3.25. The van der Waals surface area contributed by atoms with Crippen LogP contribution >= 0.6 is 11.3 Å². The molecule has 14 nitrogen and oxygen atoms in total. The van der Waals surface area contributed by atoms with Crippen LogP contribution < -0.4 is 20.7 Å². The highest BCUT2D eigenvalue weighted by Crippen LogP contribution is 2.26. The number of thiazole rings is 1. The number of carbonyl (C=O) groups is 4. The van der Waals surface area contributed by atoms with Crippen LogP contribution in [0.15, 0.2) is 46.4 Å². The van der Waals surface area contributed by atoms with Crippen LogP contribution in [0.1, 0.15) is 69.8 Å². The lowest BCUT2D eigenvalue weighted by Gasteiger charge is -2.25. The highest BCUT2D eigenvalue weighted by Gasteiger charge is 2.28. The van der Waals surface area contributed by atoms with E-state index in [1.807, 2.05) is 44.2 Å². The topological polar surface area (TPSA) is 193 Å². The number of nitrogens with one attached hydrogen (secondary N) is 4. The van der Waals surface area contributed by atoms with E-state index in [2.05, 4.69) is 30.6 Å². The van der Waals surface area contributed by atoms with Crippen molar-refractivity contribution < 1.29 is 32.0 Å². The second kappa shape index (κ2) is 14.5. The van der Waals surface area contributed by atoms with Gasteiger partial charge in [-0.15, -0.1) is 11.3 Å². The Bertz CT molecular complexity index is 1590. The molecule has 4 N–H and O–H groups in total. The van der Waals surface area contributed by atoms with E-state index in [1.54, 1.807) is 5.38 Å². The molecule has 4 rings (SSSR count). The molecule has 1 aromatic carbocycles. The molecule has 0 fully saturated rings. The Hall–Kier alpha value is -4.15. The number of rotatable bonds is 7. The number of carbonyl (C=O) groups excluding carboxylic acids is 4. The van der Waals surface area contributed by atoms with Crippen LogP contribution in [0.4, 0.5) is 0 Å². The standard InChI is InChI=1S/C28H35N7O7S2/c1-17(2)24-28-33-21(16-43-28)26(39)31-19(13-18-7-5-4-6-8-18)27-32-20(15-42-27)25(38)29-11-12-35(14-22(36)34-24)23(37)9-10-30-44(3,40)41/h4-8,15-17,19,24,30H,9-14H2,1-3H3,(H,29,38)(H,31,39)(H,34,36)/t19-,24-/m0/s1. The molecule has 0 saturated carbocycles. The van der Waals surface area contributed by atoms with Gasteiger partial charge in [0.05, 0.1) is 18.8 Å². The van der Waals surface area contributed by atoms with Gasteiger partial charge in [-0.2, -0.15) is 0 Å². The number of hydrogen-bond acceptors (Lipinski definition) is 10. The first-order valence-corrected chi connectivity index (χ1v) is 16.7. The van der Waals surface area contributed by atoms with E-state index in [1.165, 1.54) is 22.5 Å². The molecule has 4 bridgehead atoms. The van der Waals surface area contributed by atoms with Crippen molar-refractivity contribution in [1.82, 2.24) is 35.5 Å². The average molecular weight is 646 g/mol. The Balaban J connectivity index is 1.63. The maximum Gasteiger partial charge on any atom is 0.273 e. The van der Waals surface area contributed by atoms with E-state index in [9.17, 15) is 27.6 Å². The lowest BCUT2D eigenvalue weighted by atomic mass is 10.0. The molecule has 2 aromatic heterocycles. The van der Waals surface area contributed by atoms with E-state index in [0.29, 0.717) is 11.4 Å².